The van der Waals surface area contributed by atoms with Gasteiger partial charge in [-0.25, -0.2) is 0 Å². The van der Waals surface area contributed by atoms with E-state index in [1.54, 1.807) is 44.2 Å². The van der Waals surface area contributed by atoms with E-state index in [0.717, 1.165) is 43.9 Å². The van der Waals surface area contributed by atoms with Crippen molar-refractivity contribution in [1.82, 2.24) is 47.4 Å². The summed E-state index contributed by atoms with van der Waals surface area (Å²) >= 11 is 5.89. The summed E-state index contributed by atoms with van der Waals surface area (Å²) in [5.74, 6) is -9.30. The van der Waals surface area contributed by atoms with Crippen LogP contribution in [0, 0.1) is 11.8 Å². The maximum absolute atomic E-state index is 14.5. The highest BCUT2D eigenvalue weighted by atomic mass is 32.2. The van der Waals surface area contributed by atoms with Gasteiger partial charge >= 0.3 is 0 Å². The molecule has 25 nitrogen and oxygen atoms in total. The molecule has 79 heavy (non-hydrogen) atoms. The highest BCUT2D eigenvalue weighted by molar-refractivity contribution is 7.99. The molecule has 1 saturated heterocycles. The zero-order chi connectivity index (χ0) is 58.8. The van der Waals surface area contributed by atoms with Crippen LogP contribution in [-0.4, -0.2) is 154 Å². The van der Waals surface area contributed by atoms with Crippen molar-refractivity contribution in [2.45, 2.75) is 172 Å². The molecule has 16 N–H and O–H groups in total. The van der Waals surface area contributed by atoms with E-state index >= 15 is 0 Å². The van der Waals surface area contributed by atoms with Crippen molar-refractivity contribution in [3.05, 3.63) is 35.9 Å². The third-order valence-electron chi connectivity index (χ3n) is 14.0. The molecule has 0 unspecified atom stereocenters. The Labute approximate surface area is 472 Å². The van der Waals surface area contributed by atoms with Gasteiger partial charge in [0.05, 0.1) is 18.8 Å². The van der Waals surface area contributed by atoms with Gasteiger partial charge in [-0.1, -0.05) is 90.1 Å². The van der Waals surface area contributed by atoms with Crippen molar-refractivity contribution in [2.24, 2.45) is 39.8 Å². The van der Waals surface area contributed by atoms with Crippen LogP contribution >= 0.6 is 24.4 Å². The summed E-state index contributed by atoms with van der Waals surface area (Å²) in [4.78, 5) is 153. The summed E-state index contributed by atoms with van der Waals surface area (Å²) in [5.41, 5.74) is 22.4. The van der Waals surface area contributed by atoms with E-state index in [9.17, 15) is 52.7 Å². The van der Waals surface area contributed by atoms with E-state index in [1.807, 2.05) is 13.8 Å². The number of amides is 11. The molecule has 1 heterocycles. The number of guanidine groups is 1. The summed E-state index contributed by atoms with van der Waals surface area (Å²) in [6, 6.07) is -0.247. The maximum Gasteiger partial charge on any atom is 0.246 e. The number of benzene rings is 1. The smallest absolute Gasteiger partial charge is 0.246 e. The van der Waals surface area contributed by atoms with E-state index in [1.165, 1.54) is 11.8 Å². The molecule has 1 aromatic carbocycles. The van der Waals surface area contributed by atoms with Gasteiger partial charge in [-0.05, 0) is 55.9 Å². The SMILES string of the molecule is CC[C@@H](C)[C@@H](NC(=O)CC1(S)CCCCC1)C(=O)N[C@@H](Cc1ccccc1)C(=O)N[C@H](C(=O)N[C@@H](CC(N)=O)C(=O)N[C@@H](CSCNC(C)=O)C(=O)N1CCC[C@H]1C(=O)N[C@@H](CCCN=C(N)N)C(=O)NCC(N)=O)[C@@H](C)CC. The molecular formula is C52H84N14O11S2. The van der Waals surface area contributed by atoms with Crippen LogP contribution < -0.4 is 65.5 Å². The quantitative estimate of drug-likeness (QED) is 0.0127. The summed E-state index contributed by atoms with van der Waals surface area (Å²) in [6.07, 6.45) is 5.47. The van der Waals surface area contributed by atoms with Gasteiger partial charge in [-0.3, -0.25) is 57.7 Å². The minimum atomic E-state index is -1.70. The molecule has 3 rings (SSSR count). The van der Waals surface area contributed by atoms with Crippen molar-refractivity contribution in [3.63, 3.8) is 0 Å². The number of carbonyl (C=O) groups is 11. The monoisotopic (exact) mass is 1140 g/mol. The van der Waals surface area contributed by atoms with Crippen LogP contribution in [0.4, 0.5) is 0 Å². The second-order valence-electron chi connectivity index (χ2n) is 20.4. The molecule has 1 aliphatic heterocycles. The third kappa shape index (κ3) is 23.3. The molecule has 11 amide bonds. The van der Waals surface area contributed by atoms with Crippen LogP contribution in [-0.2, 0) is 59.2 Å². The van der Waals surface area contributed by atoms with E-state index in [4.69, 9.17) is 35.6 Å². The van der Waals surface area contributed by atoms with Crippen LogP contribution in [0.3, 0.4) is 0 Å². The average molecular weight is 1150 g/mol. The molecule has 440 valence electrons. The zero-order valence-corrected chi connectivity index (χ0v) is 47.8. The number of hydrogen-bond donors (Lipinski definition) is 13. The molecule has 2 aliphatic rings. The van der Waals surface area contributed by atoms with Gasteiger partial charge < -0.3 is 70.4 Å². The molecule has 9 atom stereocenters. The van der Waals surface area contributed by atoms with Crippen LogP contribution in [0.25, 0.3) is 0 Å². The highest BCUT2D eigenvalue weighted by Gasteiger charge is 2.41. The van der Waals surface area contributed by atoms with E-state index < -0.39 is 119 Å². The average Bonchev–Trinajstić information content (AvgIpc) is 3.90. The van der Waals surface area contributed by atoms with Gasteiger partial charge in [0.2, 0.25) is 65.0 Å². The summed E-state index contributed by atoms with van der Waals surface area (Å²) in [7, 11) is 0. The number of nitrogens with one attached hydrogen (secondary N) is 8. The van der Waals surface area contributed by atoms with Crippen LogP contribution in [0.1, 0.15) is 124 Å². The number of rotatable bonds is 33. The Morgan fingerprint density at radius 1 is 0.709 bits per heavy atom. The van der Waals surface area contributed by atoms with E-state index in [0.29, 0.717) is 24.8 Å². The number of thiol groups is 1. The lowest BCUT2D eigenvalue weighted by Crippen LogP contribution is -2.62. The first-order valence-electron chi connectivity index (χ1n) is 27.0. The first-order valence-corrected chi connectivity index (χ1v) is 28.6. The maximum atomic E-state index is 14.5. The van der Waals surface area contributed by atoms with E-state index in [-0.39, 0.29) is 80.5 Å². The van der Waals surface area contributed by atoms with Gasteiger partial charge in [-0.2, -0.15) is 12.6 Å². The number of carbonyl (C=O) groups excluding carboxylic acids is 11. The van der Waals surface area contributed by atoms with Gasteiger partial charge in [0.1, 0.15) is 42.3 Å². The highest BCUT2D eigenvalue weighted by Crippen LogP contribution is 2.36. The molecular weight excluding hydrogens is 1060 g/mol. The number of primary amides is 2. The summed E-state index contributed by atoms with van der Waals surface area (Å²) in [6.45, 7) is 8.09. The second kappa shape index (κ2) is 33.7. The Hall–Kier alpha value is -6.64. The number of likely N-dealkylation sites (tertiary alicyclic amines) is 1. The molecule has 0 aromatic heterocycles. The minimum absolute atomic E-state index is 0.00785. The topological polar surface area (TPSA) is 404 Å². The Balaban J connectivity index is 1.90. The lowest BCUT2D eigenvalue weighted by molar-refractivity contribution is -0.142. The third-order valence-corrected chi connectivity index (χ3v) is 15.5. The number of thioether (sulfide) groups is 1. The first kappa shape index (κ1) is 66.6. The summed E-state index contributed by atoms with van der Waals surface area (Å²) < 4.78 is -0.496. The number of nitrogens with zero attached hydrogens (tertiary/aromatic N) is 2. The van der Waals surface area contributed by atoms with Gasteiger partial charge in [0, 0.05) is 43.4 Å². The van der Waals surface area contributed by atoms with Crippen LogP contribution in [0.5, 0.6) is 0 Å². The van der Waals surface area contributed by atoms with E-state index in [2.05, 4.69) is 47.5 Å². The Bertz CT molecular complexity index is 2300. The molecule has 2 fully saturated rings. The molecule has 1 saturated carbocycles. The fraction of sp³-hybridized carbons (Fsp3) is 0.654. The molecule has 0 radical (unpaired) electrons. The normalized spacial score (nSPS) is 17.7. The van der Waals surface area contributed by atoms with Crippen molar-refractivity contribution in [1.29, 1.82) is 0 Å². The molecule has 0 bridgehead atoms. The Morgan fingerprint density at radius 3 is 1.89 bits per heavy atom. The van der Waals surface area contributed by atoms with Gasteiger partial charge in [-0.15, -0.1) is 11.8 Å². The van der Waals surface area contributed by atoms with Crippen LogP contribution in [0.15, 0.2) is 35.3 Å². The Morgan fingerprint density at radius 2 is 1.30 bits per heavy atom. The lowest BCUT2D eigenvalue weighted by Gasteiger charge is -2.33. The van der Waals surface area contributed by atoms with Crippen molar-refractivity contribution in [3.8, 4) is 0 Å². The number of hydrogen-bond acceptors (Lipinski definition) is 14. The Kier molecular flexibility index (Phi) is 28.4. The van der Waals surface area contributed by atoms with Crippen LogP contribution in [0.2, 0.25) is 0 Å². The predicted octanol–water partition coefficient (Wildman–Crippen LogP) is -1.40. The lowest BCUT2D eigenvalue weighted by atomic mass is 9.85. The molecule has 0 spiro atoms. The van der Waals surface area contributed by atoms with Crippen molar-refractivity contribution < 1.29 is 52.7 Å². The van der Waals surface area contributed by atoms with Gasteiger partial charge in [0.25, 0.3) is 0 Å². The first-order chi connectivity index (χ1) is 37.4. The molecule has 27 heteroatoms. The fourth-order valence-electron chi connectivity index (χ4n) is 9.18. The fourth-order valence-corrected chi connectivity index (χ4v) is 10.5. The predicted molar refractivity (Wildman–Crippen MR) is 302 cm³/mol. The zero-order valence-electron chi connectivity index (χ0n) is 46.1. The molecule has 1 aliphatic carbocycles. The number of aliphatic imine (C=N–C) groups is 1. The van der Waals surface area contributed by atoms with Crippen molar-refractivity contribution in [2.75, 3.05) is 31.3 Å². The second-order valence-corrected chi connectivity index (χ2v) is 22.4. The van der Waals surface area contributed by atoms with Gasteiger partial charge in [0.15, 0.2) is 5.96 Å². The summed E-state index contributed by atoms with van der Waals surface area (Å²) in [5, 5.41) is 21.3. The molecule has 1 aromatic rings. The standard InChI is InChI=1S/C52H84N14O11S2/c1-6-30(3)42(64-41(70)26-52(78)20-12-9-13-21-52)48(75)61-35(24-33-16-10-8-11-17-33)46(73)65-43(31(4)7-2)49(76)62-36(25-39(53)68)45(72)63-37(28-79-29-59-32(5)67)50(77)66-23-15-19-38(66)47(74)60-34(18-14-22-57-51(55)56)44(71)58-27-40(54)69/h8,10-11,16-17,30-31,34-38,42-43,78H,6-7,9,12-15,18-29H2,1-5H3,(H2,53,68)(H2,54,69)(H,58,71)(H,59,67)(H,60,74)(H,61,75)(H,62,76)(H,63,72)(H,64,70)(H,65,73)(H4,55,56,57)/t30-,31+,34+,35+,36+,37+,38+,42-,43+/m1/s1. The minimum Gasteiger partial charge on any atom is -0.370 e. The van der Waals surface area contributed by atoms with Crippen molar-refractivity contribution >= 4 is 95.3 Å². The largest absolute Gasteiger partial charge is 0.370 e. The number of nitrogens with two attached hydrogens (primary N) is 4.